The highest BCUT2D eigenvalue weighted by Crippen LogP contribution is 2.26. The van der Waals surface area contributed by atoms with Gasteiger partial charge in [-0.25, -0.2) is 4.52 Å². The summed E-state index contributed by atoms with van der Waals surface area (Å²) in [5.74, 6) is 5.54. The van der Waals surface area contributed by atoms with Gasteiger partial charge in [-0.15, -0.1) is 12.3 Å². The van der Waals surface area contributed by atoms with E-state index in [1.54, 1.807) is 24.3 Å². The standard InChI is InChI=1S/C12H10O3P/c1-2-3-4-8-11-14-16(13)15-12-9-6-5-7-10-12/h1,5-7,9-10H,3-4H2/q+1. The number of terminal acetylenes is 1. The Morgan fingerprint density at radius 1 is 1.25 bits per heavy atom. The van der Waals surface area contributed by atoms with Gasteiger partial charge < -0.3 is 0 Å². The molecule has 0 radical (unpaired) electrons. The highest BCUT2D eigenvalue weighted by atomic mass is 31.1. The molecule has 1 atom stereocenters. The third kappa shape index (κ3) is 5.05. The van der Waals surface area contributed by atoms with Gasteiger partial charge in [0.15, 0.2) is 11.9 Å². The second-order valence-corrected chi connectivity index (χ2v) is 3.51. The molecular formula is C12H10O3P+. The fourth-order valence-corrected chi connectivity index (χ4v) is 1.31. The topological polar surface area (TPSA) is 35.5 Å². The highest BCUT2D eigenvalue weighted by molar-refractivity contribution is 7.34. The molecule has 80 valence electrons. The van der Waals surface area contributed by atoms with E-state index in [0.29, 0.717) is 18.6 Å². The van der Waals surface area contributed by atoms with Crippen LogP contribution in [-0.4, -0.2) is 0 Å². The van der Waals surface area contributed by atoms with Crippen molar-refractivity contribution in [2.24, 2.45) is 0 Å². The first-order valence-electron chi connectivity index (χ1n) is 4.61. The molecule has 4 heteroatoms. The average Bonchev–Trinajstić information content (AvgIpc) is 2.30. The van der Waals surface area contributed by atoms with Crippen molar-refractivity contribution in [1.29, 1.82) is 0 Å². The largest absolute Gasteiger partial charge is 0.814 e. The van der Waals surface area contributed by atoms with E-state index in [1.165, 1.54) is 0 Å². The van der Waals surface area contributed by atoms with Crippen LogP contribution in [0.15, 0.2) is 30.3 Å². The molecule has 0 aliphatic heterocycles. The van der Waals surface area contributed by atoms with Gasteiger partial charge in [0.25, 0.3) is 0 Å². The van der Waals surface area contributed by atoms with E-state index >= 15 is 0 Å². The van der Waals surface area contributed by atoms with Gasteiger partial charge in [-0.1, -0.05) is 24.1 Å². The maximum Gasteiger partial charge on any atom is 0.814 e. The number of para-hydroxylation sites is 1. The molecule has 0 aliphatic rings. The van der Waals surface area contributed by atoms with Crippen LogP contribution in [0.2, 0.25) is 0 Å². The lowest BCUT2D eigenvalue weighted by Gasteiger charge is -1.87. The van der Waals surface area contributed by atoms with Gasteiger partial charge in [0, 0.05) is 17.4 Å². The summed E-state index contributed by atoms with van der Waals surface area (Å²) >= 11 is 0. The van der Waals surface area contributed by atoms with Crippen LogP contribution in [0.4, 0.5) is 0 Å². The fourth-order valence-electron chi connectivity index (χ4n) is 0.841. The first kappa shape index (κ1) is 12.1. The molecule has 0 N–H and O–H groups in total. The second kappa shape index (κ2) is 7.35. The summed E-state index contributed by atoms with van der Waals surface area (Å²) in [5, 5.41) is 0. The minimum absolute atomic E-state index is 0.481. The maximum atomic E-state index is 11.2. The van der Waals surface area contributed by atoms with Crippen molar-refractivity contribution in [2.45, 2.75) is 12.8 Å². The van der Waals surface area contributed by atoms with Crippen molar-refractivity contribution >= 4 is 8.25 Å². The van der Waals surface area contributed by atoms with Crippen molar-refractivity contribution in [3.05, 3.63) is 30.3 Å². The number of benzene rings is 1. The van der Waals surface area contributed by atoms with Gasteiger partial charge in [-0.2, -0.15) is 4.52 Å². The van der Waals surface area contributed by atoms with Crippen LogP contribution in [0.1, 0.15) is 12.8 Å². The zero-order valence-corrected chi connectivity index (χ0v) is 9.44. The van der Waals surface area contributed by atoms with Crippen LogP contribution in [0.3, 0.4) is 0 Å². The summed E-state index contributed by atoms with van der Waals surface area (Å²) in [6.45, 7) is 0. The van der Waals surface area contributed by atoms with E-state index in [4.69, 9.17) is 10.9 Å². The second-order valence-electron chi connectivity index (χ2n) is 2.70. The Hall–Kier alpha value is -1.96. The SMILES string of the molecule is C#CCCC#CO[P+](=O)Oc1ccccc1. The molecule has 0 spiro atoms. The Bertz CT molecular complexity index is 437. The first-order chi connectivity index (χ1) is 7.83. The molecule has 0 fully saturated rings. The quantitative estimate of drug-likeness (QED) is 0.455. The maximum absolute atomic E-state index is 11.2. The first-order valence-corrected chi connectivity index (χ1v) is 5.71. The predicted molar refractivity (Wildman–Crippen MR) is 61.6 cm³/mol. The van der Waals surface area contributed by atoms with Crippen LogP contribution in [0, 0.1) is 24.4 Å². The normalized spacial score (nSPS) is 9.31. The van der Waals surface area contributed by atoms with Crippen LogP contribution < -0.4 is 4.52 Å². The molecule has 0 heterocycles. The molecule has 0 saturated heterocycles. The molecule has 0 aliphatic carbocycles. The number of hydrogen-bond donors (Lipinski definition) is 0. The van der Waals surface area contributed by atoms with Crippen molar-refractivity contribution in [3.8, 4) is 30.1 Å². The average molecular weight is 233 g/mol. The minimum Gasteiger partial charge on any atom is -0.222 e. The van der Waals surface area contributed by atoms with Crippen LogP contribution >= 0.6 is 8.25 Å². The molecule has 0 saturated carbocycles. The van der Waals surface area contributed by atoms with Crippen molar-refractivity contribution in [2.75, 3.05) is 0 Å². The van der Waals surface area contributed by atoms with Gasteiger partial charge in [-0.05, 0) is 12.1 Å². The van der Waals surface area contributed by atoms with E-state index in [2.05, 4.69) is 22.5 Å². The van der Waals surface area contributed by atoms with Gasteiger partial charge in [-0.3, -0.25) is 0 Å². The third-order valence-electron chi connectivity index (χ3n) is 1.51. The lowest BCUT2D eigenvalue weighted by molar-refractivity contribution is 0.399. The summed E-state index contributed by atoms with van der Waals surface area (Å²) in [6, 6.07) is 8.75. The molecule has 1 rings (SSSR count). The van der Waals surface area contributed by atoms with E-state index in [9.17, 15) is 4.57 Å². The van der Waals surface area contributed by atoms with Crippen LogP contribution in [0.25, 0.3) is 0 Å². The molecule has 0 aromatic heterocycles. The summed E-state index contributed by atoms with van der Waals surface area (Å²) in [6.07, 6.45) is 8.38. The smallest absolute Gasteiger partial charge is 0.222 e. The summed E-state index contributed by atoms with van der Waals surface area (Å²) in [4.78, 5) is 0. The third-order valence-corrected chi connectivity index (χ3v) is 2.11. The lowest BCUT2D eigenvalue weighted by atomic mass is 10.3. The number of rotatable bonds is 4. The lowest BCUT2D eigenvalue weighted by Crippen LogP contribution is -1.81. The van der Waals surface area contributed by atoms with Crippen LogP contribution in [-0.2, 0) is 9.09 Å². The fraction of sp³-hybridized carbons (Fsp3) is 0.167. The van der Waals surface area contributed by atoms with E-state index in [-0.39, 0.29) is 0 Å². The van der Waals surface area contributed by atoms with Gasteiger partial charge in [0.1, 0.15) is 0 Å². The molecule has 3 nitrogen and oxygen atoms in total. The Morgan fingerprint density at radius 2 is 2.00 bits per heavy atom. The van der Waals surface area contributed by atoms with Crippen molar-refractivity contribution in [1.82, 2.24) is 0 Å². The Morgan fingerprint density at radius 3 is 2.69 bits per heavy atom. The predicted octanol–water partition coefficient (Wildman–Crippen LogP) is 3.11. The molecule has 16 heavy (non-hydrogen) atoms. The molecule has 1 unspecified atom stereocenters. The summed E-state index contributed by atoms with van der Waals surface area (Å²) < 4.78 is 20.8. The van der Waals surface area contributed by atoms with Crippen molar-refractivity contribution in [3.63, 3.8) is 0 Å². The Labute approximate surface area is 95.7 Å². The van der Waals surface area contributed by atoms with Crippen LogP contribution in [0.5, 0.6) is 5.75 Å². The zero-order chi connectivity index (χ0) is 11.6. The van der Waals surface area contributed by atoms with E-state index in [0.717, 1.165) is 0 Å². The molecular weight excluding hydrogens is 223 g/mol. The number of hydrogen-bond acceptors (Lipinski definition) is 3. The Balaban J connectivity index is 2.31. The number of unbranched alkanes of at least 4 members (excludes halogenated alkanes) is 1. The zero-order valence-electron chi connectivity index (χ0n) is 8.55. The molecule has 1 aromatic rings. The monoisotopic (exact) mass is 233 g/mol. The molecule has 0 amide bonds. The van der Waals surface area contributed by atoms with E-state index < -0.39 is 8.25 Å². The Kier molecular flexibility index (Phi) is 5.56. The highest BCUT2D eigenvalue weighted by Gasteiger charge is 2.21. The van der Waals surface area contributed by atoms with Gasteiger partial charge in [0.05, 0.1) is 0 Å². The van der Waals surface area contributed by atoms with Gasteiger partial charge >= 0.3 is 8.25 Å². The van der Waals surface area contributed by atoms with E-state index in [1.807, 2.05) is 6.07 Å². The summed E-state index contributed by atoms with van der Waals surface area (Å²) in [7, 11) is -2.25. The van der Waals surface area contributed by atoms with Gasteiger partial charge in [0.2, 0.25) is 0 Å². The van der Waals surface area contributed by atoms with Crippen molar-refractivity contribution < 1.29 is 13.6 Å². The minimum atomic E-state index is -2.25. The summed E-state index contributed by atoms with van der Waals surface area (Å²) in [5.41, 5.74) is 0. The molecule has 1 aromatic carbocycles. The molecule has 0 bridgehead atoms.